The van der Waals surface area contributed by atoms with Crippen molar-refractivity contribution in [2.75, 3.05) is 0 Å². The zero-order chi connectivity index (χ0) is 5.70. The third kappa shape index (κ3) is 5.36. The first-order valence-corrected chi connectivity index (χ1v) is 2.55. The summed E-state index contributed by atoms with van der Waals surface area (Å²) in [6.45, 7) is 4.31. The summed E-state index contributed by atoms with van der Waals surface area (Å²) < 4.78 is 21.9. The number of nitrogens with zero attached hydrogens (tertiary/aromatic N) is 1. The Balaban J connectivity index is 3.71. The SMILES string of the molecule is C=C[CH]N=S(=O)=O. The number of hydrogen-bond acceptors (Lipinski definition) is 3. The smallest absolute Gasteiger partial charge is 0.164 e. The zero-order valence-corrected chi connectivity index (χ0v) is 4.35. The molecule has 0 bridgehead atoms. The van der Waals surface area contributed by atoms with E-state index < -0.39 is 10.5 Å². The van der Waals surface area contributed by atoms with Crippen LogP contribution in [-0.2, 0) is 10.5 Å². The van der Waals surface area contributed by atoms with E-state index >= 15 is 0 Å². The van der Waals surface area contributed by atoms with Crippen molar-refractivity contribution < 1.29 is 8.42 Å². The second kappa shape index (κ2) is 3.55. The molecule has 0 heterocycles. The van der Waals surface area contributed by atoms with Gasteiger partial charge in [0.25, 0.3) is 0 Å². The van der Waals surface area contributed by atoms with E-state index in [0.717, 1.165) is 6.54 Å². The molecule has 0 unspecified atom stereocenters. The van der Waals surface area contributed by atoms with Crippen LogP contribution in [0.15, 0.2) is 17.0 Å². The number of hydrogen-bond donors (Lipinski definition) is 0. The Morgan fingerprint density at radius 3 is 2.29 bits per heavy atom. The Morgan fingerprint density at radius 1 is 1.57 bits per heavy atom. The summed E-state index contributed by atoms with van der Waals surface area (Å²) in [4.78, 5) is 0. The Kier molecular flexibility index (Phi) is 3.22. The lowest BCUT2D eigenvalue weighted by atomic mass is 10.7. The van der Waals surface area contributed by atoms with Gasteiger partial charge >= 0.3 is 10.5 Å². The van der Waals surface area contributed by atoms with Gasteiger partial charge in [0.2, 0.25) is 0 Å². The predicted molar refractivity (Wildman–Crippen MR) is 25.8 cm³/mol. The lowest BCUT2D eigenvalue weighted by molar-refractivity contribution is 0.622. The van der Waals surface area contributed by atoms with Crippen molar-refractivity contribution >= 4 is 10.5 Å². The molecule has 1 radical (unpaired) electrons. The molecule has 0 saturated carbocycles. The highest BCUT2D eigenvalue weighted by Crippen LogP contribution is 1.74. The van der Waals surface area contributed by atoms with Crippen LogP contribution in [0, 0.1) is 6.54 Å². The van der Waals surface area contributed by atoms with Crippen LogP contribution in [0.4, 0.5) is 0 Å². The molecule has 0 aromatic heterocycles. The van der Waals surface area contributed by atoms with Gasteiger partial charge in [0, 0.05) is 0 Å². The highest BCUT2D eigenvalue weighted by atomic mass is 32.2. The van der Waals surface area contributed by atoms with Crippen LogP contribution in [0.5, 0.6) is 0 Å². The quantitative estimate of drug-likeness (QED) is 0.526. The van der Waals surface area contributed by atoms with Gasteiger partial charge in [0.15, 0.2) is 0 Å². The van der Waals surface area contributed by atoms with E-state index in [1.165, 1.54) is 6.08 Å². The van der Waals surface area contributed by atoms with Gasteiger partial charge in [-0.2, -0.15) is 12.8 Å². The van der Waals surface area contributed by atoms with Crippen molar-refractivity contribution in [2.24, 2.45) is 4.36 Å². The largest absolute Gasteiger partial charge is 0.311 e. The summed E-state index contributed by atoms with van der Waals surface area (Å²) in [5.74, 6) is 0. The molecule has 0 aromatic rings. The fourth-order valence-electron chi connectivity index (χ4n) is 0.0927. The van der Waals surface area contributed by atoms with Gasteiger partial charge in [0.05, 0.1) is 0 Å². The van der Waals surface area contributed by atoms with Crippen LogP contribution in [0.1, 0.15) is 0 Å². The first-order chi connectivity index (χ1) is 3.27. The van der Waals surface area contributed by atoms with Crippen molar-refractivity contribution in [3.8, 4) is 0 Å². The molecule has 0 aliphatic rings. The fraction of sp³-hybridized carbons (Fsp3) is 0. The molecule has 0 amide bonds. The van der Waals surface area contributed by atoms with Gasteiger partial charge in [-0.3, -0.25) is 0 Å². The highest BCUT2D eigenvalue weighted by molar-refractivity contribution is 7.61. The molecule has 3 nitrogen and oxygen atoms in total. The van der Waals surface area contributed by atoms with Gasteiger partial charge in [-0.1, -0.05) is 6.08 Å². The second-order valence-corrected chi connectivity index (χ2v) is 1.35. The van der Waals surface area contributed by atoms with E-state index in [2.05, 4.69) is 10.9 Å². The first kappa shape index (κ1) is 6.36. The molecule has 0 N–H and O–H groups in total. The van der Waals surface area contributed by atoms with Crippen molar-refractivity contribution in [3.63, 3.8) is 0 Å². The van der Waals surface area contributed by atoms with Crippen LogP contribution in [-0.4, -0.2) is 8.42 Å². The van der Waals surface area contributed by atoms with E-state index in [1.807, 2.05) is 0 Å². The highest BCUT2D eigenvalue weighted by Gasteiger charge is 1.66. The fourth-order valence-corrected chi connectivity index (χ4v) is 0.278. The third-order valence-corrected chi connectivity index (χ3v) is 0.546. The molecule has 7 heavy (non-hydrogen) atoms. The molecule has 0 saturated heterocycles. The van der Waals surface area contributed by atoms with Crippen molar-refractivity contribution in [1.82, 2.24) is 0 Å². The maximum atomic E-state index is 9.51. The van der Waals surface area contributed by atoms with E-state index in [4.69, 9.17) is 0 Å². The van der Waals surface area contributed by atoms with Gasteiger partial charge in [-0.15, -0.1) is 6.58 Å². The average molecular weight is 118 g/mol. The topological polar surface area (TPSA) is 46.5 Å². The van der Waals surface area contributed by atoms with Gasteiger partial charge in [-0.25, -0.2) is 0 Å². The average Bonchev–Trinajstić information content (AvgIpc) is 1.61. The number of rotatable bonds is 2. The molecule has 4 heteroatoms. The van der Waals surface area contributed by atoms with E-state index in [1.54, 1.807) is 0 Å². The Morgan fingerprint density at radius 2 is 2.14 bits per heavy atom. The Labute approximate surface area is 43.4 Å². The van der Waals surface area contributed by atoms with Crippen molar-refractivity contribution in [1.29, 1.82) is 0 Å². The Bertz CT molecular complexity index is 159. The van der Waals surface area contributed by atoms with Gasteiger partial charge in [-0.05, 0) is 0 Å². The summed E-state index contributed by atoms with van der Waals surface area (Å²) in [7, 11) is -2.32. The third-order valence-electron chi connectivity index (χ3n) is 0.252. The lowest BCUT2D eigenvalue weighted by Crippen LogP contribution is -1.56. The van der Waals surface area contributed by atoms with Crippen LogP contribution in [0.2, 0.25) is 0 Å². The van der Waals surface area contributed by atoms with Gasteiger partial charge < -0.3 is 0 Å². The minimum absolute atomic E-state index is 1.10. The molecule has 39 valence electrons. The molecule has 0 spiro atoms. The summed E-state index contributed by atoms with van der Waals surface area (Å²) in [6.07, 6.45) is 1.29. The molecular formula is C3H4NO2S. The van der Waals surface area contributed by atoms with Crippen molar-refractivity contribution in [2.45, 2.75) is 0 Å². The van der Waals surface area contributed by atoms with E-state index in [-0.39, 0.29) is 0 Å². The zero-order valence-electron chi connectivity index (χ0n) is 3.53. The van der Waals surface area contributed by atoms with Crippen LogP contribution >= 0.6 is 0 Å². The summed E-state index contributed by atoms with van der Waals surface area (Å²) in [6, 6.07) is 0. The minimum Gasteiger partial charge on any atom is -0.164 e. The first-order valence-electron chi connectivity index (χ1n) is 1.52. The molecule has 0 aliphatic heterocycles. The molecule has 0 atom stereocenters. The summed E-state index contributed by atoms with van der Waals surface area (Å²) >= 11 is 0. The Hall–Kier alpha value is -0.640. The summed E-state index contributed by atoms with van der Waals surface area (Å²) in [5, 5.41) is 0. The van der Waals surface area contributed by atoms with Gasteiger partial charge in [0.1, 0.15) is 6.54 Å². The molecular weight excluding hydrogens is 114 g/mol. The predicted octanol–water partition coefficient (Wildman–Crippen LogP) is 0.397. The second-order valence-electron chi connectivity index (χ2n) is 0.707. The van der Waals surface area contributed by atoms with E-state index in [0.29, 0.717) is 0 Å². The molecule has 0 rings (SSSR count). The van der Waals surface area contributed by atoms with Crippen molar-refractivity contribution in [3.05, 3.63) is 19.2 Å². The lowest BCUT2D eigenvalue weighted by Gasteiger charge is -1.63. The molecule has 0 fully saturated rings. The van der Waals surface area contributed by atoms with E-state index in [9.17, 15) is 8.42 Å². The monoisotopic (exact) mass is 118 g/mol. The molecule has 0 aliphatic carbocycles. The standard InChI is InChI=1S/C3H4NO2S/c1-2-3-4-7(5)6/h2-3H,1H2. The maximum Gasteiger partial charge on any atom is 0.311 e. The molecule has 0 aromatic carbocycles. The normalized spacial score (nSPS) is 7.43. The maximum absolute atomic E-state index is 9.51. The summed E-state index contributed by atoms with van der Waals surface area (Å²) in [5.41, 5.74) is 0. The van der Waals surface area contributed by atoms with Crippen LogP contribution in [0.3, 0.4) is 0 Å². The van der Waals surface area contributed by atoms with Crippen LogP contribution < -0.4 is 0 Å². The van der Waals surface area contributed by atoms with Crippen LogP contribution in [0.25, 0.3) is 0 Å². The minimum atomic E-state index is -2.32.